The predicted octanol–water partition coefficient (Wildman–Crippen LogP) is 2.57. The standard InChI is InChI=1S/C17H30N2O4/c1-11(22-15(2,3)4)12(13(20)23-16(5,6)7)19-14(21)17(8,9)10-18/h11-12H,1-9H3,(H,19,21)/t11-,12+/m1/s1. The number of carbonyl (C=O) groups is 2. The number of hydrogen-bond donors (Lipinski definition) is 1. The molecule has 0 saturated heterocycles. The lowest BCUT2D eigenvalue weighted by atomic mass is 9.94. The summed E-state index contributed by atoms with van der Waals surface area (Å²) in [5.41, 5.74) is -2.43. The zero-order chi connectivity index (χ0) is 18.6. The molecule has 1 N–H and O–H groups in total. The van der Waals surface area contributed by atoms with Crippen molar-refractivity contribution in [2.75, 3.05) is 0 Å². The van der Waals surface area contributed by atoms with Gasteiger partial charge in [0.1, 0.15) is 11.0 Å². The minimum absolute atomic E-state index is 0.491. The number of rotatable bonds is 5. The van der Waals surface area contributed by atoms with Gasteiger partial charge < -0.3 is 14.8 Å². The molecule has 0 aliphatic rings. The molecule has 0 bridgehead atoms. The molecule has 132 valence electrons. The van der Waals surface area contributed by atoms with Gasteiger partial charge in [-0.15, -0.1) is 0 Å². The van der Waals surface area contributed by atoms with Gasteiger partial charge in [-0.1, -0.05) is 0 Å². The molecule has 2 atom stereocenters. The average molecular weight is 326 g/mol. The molecule has 0 aromatic heterocycles. The quantitative estimate of drug-likeness (QED) is 0.784. The zero-order valence-corrected chi connectivity index (χ0v) is 15.7. The Bertz CT molecular complexity index is 478. The minimum atomic E-state index is -1.25. The first-order chi connectivity index (χ1) is 10.1. The van der Waals surface area contributed by atoms with Crippen LogP contribution in [0.2, 0.25) is 0 Å². The van der Waals surface area contributed by atoms with Gasteiger partial charge in [0.15, 0.2) is 6.04 Å². The van der Waals surface area contributed by atoms with Crippen molar-refractivity contribution in [3.8, 4) is 6.07 Å². The highest BCUT2D eigenvalue weighted by Crippen LogP contribution is 2.19. The Labute approximate surface area is 139 Å². The van der Waals surface area contributed by atoms with Crippen LogP contribution < -0.4 is 5.32 Å². The van der Waals surface area contributed by atoms with Crippen LogP contribution in [-0.2, 0) is 19.1 Å². The van der Waals surface area contributed by atoms with Gasteiger partial charge in [-0.3, -0.25) is 4.79 Å². The maximum Gasteiger partial charge on any atom is 0.331 e. The first-order valence-corrected chi connectivity index (χ1v) is 7.72. The number of amides is 1. The molecule has 0 fully saturated rings. The van der Waals surface area contributed by atoms with E-state index in [1.54, 1.807) is 27.7 Å². The minimum Gasteiger partial charge on any atom is -0.458 e. The van der Waals surface area contributed by atoms with Crippen molar-refractivity contribution >= 4 is 11.9 Å². The van der Waals surface area contributed by atoms with E-state index in [-0.39, 0.29) is 0 Å². The molecule has 6 heteroatoms. The summed E-state index contributed by atoms with van der Waals surface area (Å²) in [6.07, 6.45) is -0.608. The number of esters is 1. The van der Waals surface area contributed by atoms with E-state index in [0.29, 0.717) is 0 Å². The summed E-state index contributed by atoms with van der Waals surface area (Å²) in [7, 11) is 0. The van der Waals surface area contributed by atoms with Crippen molar-refractivity contribution in [3.05, 3.63) is 0 Å². The van der Waals surface area contributed by atoms with Gasteiger partial charge in [0.2, 0.25) is 5.91 Å². The van der Waals surface area contributed by atoms with Gasteiger partial charge >= 0.3 is 5.97 Å². The number of carbonyl (C=O) groups excluding carboxylic acids is 2. The summed E-state index contributed by atoms with van der Waals surface area (Å²) in [6.45, 7) is 15.5. The molecule has 0 unspecified atom stereocenters. The molecule has 0 spiro atoms. The third kappa shape index (κ3) is 7.98. The lowest BCUT2D eigenvalue weighted by molar-refractivity contribution is -0.166. The molecule has 0 rings (SSSR count). The lowest BCUT2D eigenvalue weighted by Gasteiger charge is -2.33. The Morgan fingerprint density at radius 2 is 1.48 bits per heavy atom. The SMILES string of the molecule is C[C@@H](OC(C)(C)C)[C@H](NC(=O)C(C)(C)C#N)C(=O)OC(C)(C)C. The summed E-state index contributed by atoms with van der Waals surface area (Å²) < 4.78 is 11.2. The van der Waals surface area contributed by atoms with Crippen LogP contribution in [0.15, 0.2) is 0 Å². The van der Waals surface area contributed by atoms with Gasteiger partial charge in [0.05, 0.1) is 17.8 Å². The van der Waals surface area contributed by atoms with Gasteiger partial charge in [-0.25, -0.2) is 4.79 Å². The molecule has 0 aliphatic carbocycles. The monoisotopic (exact) mass is 326 g/mol. The van der Waals surface area contributed by atoms with Crippen molar-refractivity contribution < 1.29 is 19.1 Å². The second-order valence-electron chi connectivity index (χ2n) is 8.16. The zero-order valence-electron chi connectivity index (χ0n) is 15.7. The fraction of sp³-hybridized carbons (Fsp3) is 0.824. The van der Waals surface area contributed by atoms with E-state index in [0.717, 1.165) is 0 Å². The molecule has 0 aromatic rings. The summed E-state index contributed by atoms with van der Waals surface area (Å²) in [5.74, 6) is -1.13. The van der Waals surface area contributed by atoms with Crippen molar-refractivity contribution in [1.29, 1.82) is 5.26 Å². The number of hydrogen-bond acceptors (Lipinski definition) is 5. The van der Waals surface area contributed by atoms with E-state index in [1.807, 2.05) is 26.8 Å². The van der Waals surface area contributed by atoms with Crippen molar-refractivity contribution in [2.24, 2.45) is 5.41 Å². The van der Waals surface area contributed by atoms with E-state index in [9.17, 15) is 9.59 Å². The molecular weight excluding hydrogens is 296 g/mol. The van der Waals surface area contributed by atoms with Gasteiger partial charge in [0, 0.05) is 0 Å². The topological polar surface area (TPSA) is 88.4 Å². The van der Waals surface area contributed by atoms with E-state index >= 15 is 0 Å². The van der Waals surface area contributed by atoms with Crippen LogP contribution in [0, 0.1) is 16.7 Å². The Kier molecular flexibility index (Phi) is 6.80. The second-order valence-corrected chi connectivity index (χ2v) is 8.16. The van der Waals surface area contributed by atoms with Crippen LogP contribution in [0.4, 0.5) is 0 Å². The highest BCUT2D eigenvalue weighted by Gasteiger charge is 2.37. The molecule has 23 heavy (non-hydrogen) atoms. The first-order valence-electron chi connectivity index (χ1n) is 7.72. The lowest BCUT2D eigenvalue weighted by Crippen LogP contribution is -2.54. The van der Waals surface area contributed by atoms with E-state index < -0.39 is 40.6 Å². The van der Waals surface area contributed by atoms with Crippen molar-refractivity contribution in [1.82, 2.24) is 5.32 Å². The van der Waals surface area contributed by atoms with E-state index in [2.05, 4.69) is 5.32 Å². The molecule has 0 aromatic carbocycles. The van der Waals surface area contributed by atoms with Gasteiger partial charge in [-0.2, -0.15) is 5.26 Å². The molecule has 0 radical (unpaired) electrons. The number of nitrogens with one attached hydrogen (secondary N) is 1. The average Bonchev–Trinajstić information content (AvgIpc) is 2.30. The molecule has 0 saturated carbocycles. The van der Waals surface area contributed by atoms with Crippen LogP contribution >= 0.6 is 0 Å². The van der Waals surface area contributed by atoms with Crippen molar-refractivity contribution in [2.45, 2.75) is 85.7 Å². The summed E-state index contributed by atoms with van der Waals surface area (Å²) >= 11 is 0. The van der Waals surface area contributed by atoms with Crippen LogP contribution in [0.5, 0.6) is 0 Å². The fourth-order valence-electron chi connectivity index (χ4n) is 1.73. The summed E-state index contributed by atoms with van der Waals surface area (Å²) in [6, 6.07) is 0.924. The van der Waals surface area contributed by atoms with Crippen LogP contribution in [0.3, 0.4) is 0 Å². The first kappa shape index (κ1) is 21.4. The second kappa shape index (κ2) is 7.31. The predicted molar refractivity (Wildman–Crippen MR) is 87.5 cm³/mol. The smallest absolute Gasteiger partial charge is 0.331 e. The summed E-state index contributed by atoms with van der Waals surface area (Å²) in [4.78, 5) is 24.7. The third-order valence-corrected chi connectivity index (χ3v) is 2.80. The van der Waals surface area contributed by atoms with E-state index in [1.165, 1.54) is 13.8 Å². The maximum atomic E-state index is 12.4. The van der Waals surface area contributed by atoms with Gasteiger partial charge in [-0.05, 0) is 62.3 Å². The number of nitriles is 1. The number of ether oxygens (including phenoxy) is 2. The molecular formula is C17H30N2O4. The number of nitrogens with zero attached hydrogens (tertiary/aromatic N) is 1. The molecule has 6 nitrogen and oxygen atoms in total. The fourth-order valence-corrected chi connectivity index (χ4v) is 1.73. The Morgan fingerprint density at radius 3 is 1.83 bits per heavy atom. The molecule has 0 aliphatic heterocycles. The van der Waals surface area contributed by atoms with Crippen LogP contribution in [-0.4, -0.2) is 35.2 Å². The Morgan fingerprint density at radius 1 is 1.00 bits per heavy atom. The highest BCUT2D eigenvalue weighted by molar-refractivity contribution is 5.89. The molecule has 1 amide bonds. The summed E-state index contributed by atoms with van der Waals surface area (Å²) in [5, 5.41) is 11.7. The van der Waals surface area contributed by atoms with Crippen LogP contribution in [0.25, 0.3) is 0 Å². The van der Waals surface area contributed by atoms with Crippen LogP contribution in [0.1, 0.15) is 62.3 Å². The van der Waals surface area contributed by atoms with E-state index in [4.69, 9.17) is 14.7 Å². The maximum absolute atomic E-state index is 12.4. The normalized spacial score (nSPS) is 15.3. The Balaban J connectivity index is 5.35. The van der Waals surface area contributed by atoms with Crippen molar-refractivity contribution in [3.63, 3.8) is 0 Å². The van der Waals surface area contributed by atoms with Gasteiger partial charge in [0.25, 0.3) is 0 Å². The molecule has 0 heterocycles. The highest BCUT2D eigenvalue weighted by atomic mass is 16.6. The largest absolute Gasteiger partial charge is 0.458 e. The Hall–Kier alpha value is -1.61. The third-order valence-electron chi connectivity index (χ3n) is 2.80.